The fraction of sp³-hybridized carbons (Fsp3) is 0.300. The lowest BCUT2D eigenvalue weighted by atomic mass is 10.1. The van der Waals surface area contributed by atoms with E-state index in [9.17, 15) is 13.2 Å². The normalized spacial score (nSPS) is 12.9. The highest BCUT2D eigenvalue weighted by Gasteiger charge is 2.39. The van der Waals surface area contributed by atoms with Crippen molar-refractivity contribution in [1.82, 2.24) is 0 Å². The third-order valence-electron chi connectivity index (χ3n) is 1.92. The molecule has 1 atom stereocenters. The van der Waals surface area contributed by atoms with Crippen LogP contribution in [-0.2, 0) is 0 Å². The summed E-state index contributed by atoms with van der Waals surface area (Å²) in [5.74, 6) is -2.04. The molecule has 1 rings (SSSR count). The van der Waals surface area contributed by atoms with Crippen LogP contribution in [0.3, 0.4) is 0 Å². The first-order valence-electron chi connectivity index (χ1n) is 4.40. The number of hydrogen-bond donors (Lipinski definition) is 1. The fourth-order valence-electron chi connectivity index (χ4n) is 1.05. The number of hydrogen-bond acceptors (Lipinski definition) is 2. The molecule has 1 aromatic carbocycles. The van der Waals surface area contributed by atoms with Crippen LogP contribution in [0.15, 0.2) is 24.3 Å². The Morgan fingerprint density at radius 3 is 2.50 bits per heavy atom. The van der Waals surface area contributed by atoms with E-state index in [2.05, 4.69) is 5.32 Å². The number of benzene rings is 1. The van der Waals surface area contributed by atoms with Gasteiger partial charge in [-0.25, -0.2) is 0 Å². The summed E-state index contributed by atoms with van der Waals surface area (Å²) >= 11 is 5.74. The van der Waals surface area contributed by atoms with Crippen LogP contribution in [0.25, 0.3) is 0 Å². The minimum Gasteiger partial charge on any atom is -0.382 e. The molecule has 0 saturated heterocycles. The summed E-state index contributed by atoms with van der Waals surface area (Å²) in [4.78, 5) is 0. The molecular formula is C10H8ClF3N2. The van der Waals surface area contributed by atoms with Crippen LogP contribution in [0.1, 0.15) is 0 Å². The van der Waals surface area contributed by atoms with Gasteiger partial charge in [-0.3, -0.25) is 0 Å². The number of para-hydroxylation sites is 1. The number of nitrogens with zero attached hydrogens (tertiary/aromatic N) is 1. The largest absolute Gasteiger partial charge is 0.406 e. The van der Waals surface area contributed by atoms with E-state index in [1.165, 1.54) is 6.07 Å². The summed E-state index contributed by atoms with van der Waals surface area (Å²) in [5, 5.41) is 11.2. The number of nitrogens with one attached hydrogen (secondary N) is 1. The van der Waals surface area contributed by atoms with Gasteiger partial charge in [0.15, 0.2) is 5.92 Å². The quantitative estimate of drug-likeness (QED) is 0.889. The molecule has 16 heavy (non-hydrogen) atoms. The number of halogens is 4. The van der Waals surface area contributed by atoms with Gasteiger partial charge < -0.3 is 5.32 Å². The van der Waals surface area contributed by atoms with Gasteiger partial charge >= 0.3 is 6.18 Å². The van der Waals surface area contributed by atoms with E-state index in [1.807, 2.05) is 0 Å². The summed E-state index contributed by atoms with van der Waals surface area (Å²) in [6, 6.07) is 7.61. The monoisotopic (exact) mass is 248 g/mol. The van der Waals surface area contributed by atoms with Crippen molar-refractivity contribution in [2.45, 2.75) is 6.18 Å². The number of alkyl halides is 3. The summed E-state index contributed by atoms with van der Waals surface area (Å²) in [6.45, 7) is -0.510. The van der Waals surface area contributed by atoms with Crippen LogP contribution < -0.4 is 5.32 Å². The molecule has 0 aliphatic carbocycles. The molecule has 0 aliphatic rings. The van der Waals surface area contributed by atoms with Crippen molar-refractivity contribution in [3.05, 3.63) is 29.3 Å². The minimum absolute atomic E-state index is 0.321. The summed E-state index contributed by atoms with van der Waals surface area (Å²) in [5.41, 5.74) is 0.383. The fourth-order valence-corrected chi connectivity index (χ4v) is 1.25. The summed E-state index contributed by atoms with van der Waals surface area (Å²) in [6.07, 6.45) is -4.52. The van der Waals surface area contributed by atoms with E-state index in [0.29, 0.717) is 10.7 Å². The van der Waals surface area contributed by atoms with Crippen molar-refractivity contribution < 1.29 is 13.2 Å². The molecule has 0 heterocycles. The minimum atomic E-state index is -4.52. The van der Waals surface area contributed by atoms with E-state index < -0.39 is 18.6 Å². The second-order valence-electron chi connectivity index (χ2n) is 3.08. The lowest BCUT2D eigenvalue weighted by molar-refractivity contribution is -0.155. The predicted molar refractivity (Wildman–Crippen MR) is 55.1 cm³/mol. The number of nitriles is 1. The maximum Gasteiger partial charge on any atom is 0.406 e. The highest BCUT2D eigenvalue weighted by atomic mass is 35.5. The molecule has 86 valence electrons. The Morgan fingerprint density at radius 1 is 1.38 bits per heavy atom. The van der Waals surface area contributed by atoms with Crippen LogP contribution in [0.4, 0.5) is 18.9 Å². The molecule has 2 nitrogen and oxygen atoms in total. The lowest BCUT2D eigenvalue weighted by Crippen LogP contribution is -2.28. The molecule has 0 amide bonds. The molecule has 0 aromatic heterocycles. The SMILES string of the molecule is N#CC(CNc1ccccc1Cl)C(F)(F)F. The zero-order valence-electron chi connectivity index (χ0n) is 8.05. The zero-order valence-corrected chi connectivity index (χ0v) is 8.81. The summed E-state index contributed by atoms with van der Waals surface area (Å²) in [7, 11) is 0. The maximum absolute atomic E-state index is 12.2. The molecule has 0 spiro atoms. The van der Waals surface area contributed by atoms with Gasteiger partial charge in [-0.15, -0.1) is 0 Å². The Morgan fingerprint density at radius 2 is 2.00 bits per heavy atom. The highest BCUT2D eigenvalue weighted by Crippen LogP contribution is 2.27. The van der Waals surface area contributed by atoms with E-state index in [4.69, 9.17) is 16.9 Å². The first-order chi connectivity index (χ1) is 7.45. The van der Waals surface area contributed by atoms with Crippen molar-refractivity contribution in [2.75, 3.05) is 11.9 Å². The van der Waals surface area contributed by atoms with E-state index in [1.54, 1.807) is 24.3 Å². The third kappa shape index (κ3) is 3.31. The van der Waals surface area contributed by atoms with Gasteiger partial charge in [0.05, 0.1) is 16.8 Å². The van der Waals surface area contributed by atoms with E-state index >= 15 is 0 Å². The predicted octanol–water partition coefficient (Wildman–Crippen LogP) is 3.45. The van der Waals surface area contributed by atoms with Crippen LogP contribution >= 0.6 is 11.6 Å². The van der Waals surface area contributed by atoms with Gasteiger partial charge in [0.25, 0.3) is 0 Å². The van der Waals surface area contributed by atoms with Crippen LogP contribution in [0, 0.1) is 17.2 Å². The van der Waals surface area contributed by atoms with Crippen LogP contribution in [0.5, 0.6) is 0 Å². The molecule has 0 aliphatic heterocycles. The number of rotatable bonds is 3. The van der Waals surface area contributed by atoms with E-state index in [0.717, 1.165) is 0 Å². The third-order valence-corrected chi connectivity index (χ3v) is 2.25. The molecule has 0 bridgehead atoms. The highest BCUT2D eigenvalue weighted by molar-refractivity contribution is 6.33. The van der Waals surface area contributed by atoms with Crippen molar-refractivity contribution in [1.29, 1.82) is 5.26 Å². The number of anilines is 1. The Labute approximate surface area is 95.6 Å². The Bertz CT molecular complexity index is 398. The first kappa shape index (κ1) is 12.7. The van der Waals surface area contributed by atoms with Gasteiger partial charge in [-0.2, -0.15) is 18.4 Å². The Balaban J connectivity index is 2.65. The van der Waals surface area contributed by atoms with Crippen LogP contribution in [0.2, 0.25) is 5.02 Å². The van der Waals surface area contributed by atoms with Gasteiger partial charge in [0, 0.05) is 6.54 Å². The Kier molecular flexibility index (Phi) is 4.02. The average Bonchev–Trinajstić information content (AvgIpc) is 2.19. The van der Waals surface area contributed by atoms with Crippen molar-refractivity contribution >= 4 is 17.3 Å². The lowest BCUT2D eigenvalue weighted by Gasteiger charge is -2.15. The van der Waals surface area contributed by atoms with Crippen molar-refractivity contribution in [3.8, 4) is 6.07 Å². The molecule has 1 unspecified atom stereocenters. The molecule has 0 fully saturated rings. The molecule has 1 N–H and O–H groups in total. The molecule has 0 radical (unpaired) electrons. The average molecular weight is 249 g/mol. The molecule has 1 aromatic rings. The smallest absolute Gasteiger partial charge is 0.382 e. The second-order valence-corrected chi connectivity index (χ2v) is 3.49. The second kappa shape index (κ2) is 5.08. The maximum atomic E-state index is 12.2. The van der Waals surface area contributed by atoms with Crippen molar-refractivity contribution in [3.63, 3.8) is 0 Å². The van der Waals surface area contributed by atoms with Gasteiger partial charge in [-0.05, 0) is 12.1 Å². The van der Waals surface area contributed by atoms with Crippen LogP contribution in [-0.4, -0.2) is 12.7 Å². The zero-order chi connectivity index (χ0) is 12.2. The topological polar surface area (TPSA) is 35.8 Å². The molecule has 6 heteroatoms. The molecular weight excluding hydrogens is 241 g/mol. The molecule has 0 saturated carbocycles. The summed E-state index contributed by atoms with van der Waals surface area (Å²) < 4.78 is 36.7. The van der Waals surface area contributed by atoms with Gasteiger partial charge in [-0.1, -0.05) is 23.7 Å². The Hall–Kier alpha value is -1.41. The standard InChI is InChI=1S/C10H8ClF3N2/c11-8-3-1-2-4-9(8)16-6-7(5-15)10(12,13)14/h1-4,7,16H,6H2. The van der Waals surface area contributed by atoms with Crippen molar-refractivity contribution in [2.24, 2.45) is 5.92 Å². The first-order valence-corrected chi connectivity index (χ1v) is 4.77. The van der Waals surface area contributed by atoms with E-state index in [-0.39, 0.29) is 0 Å². The van der Waals surface area contributed by atoms with Gasteiger partial charge in [0.1, 0.15) is 0 Å². The van der Waals surface area contributed by atoms with Gasteiger partial charge in [0.2, 0.25) is 0 Å².